The maximum atomic E-state index is 11.5. The summed E-state index contributed by atoms with van der Waals surface area (Å²) in [5.41, 5.74) is 2.63. The Morgan fingerprint density at radius 3 is 2.89 bits per heavy atom. The van der Waals surface area contributed by atoms with Gasteiger partial charge < -0.3 is 10.4 Å². The molecule has 0 aliphatic carbocycles. The van der Waals surface area contributed by atoms with Crippen LogP contribution >= 0.6 is 11.3 Å². The summed E-state index contributed by atoms with van der Waals surface area (Å²) in [5.74, 6) is -1.46. The predicted molar refractivity (Wildman–Crippen MR) is 69.5 cm³/mol. The van der Waals surface area contributed by atoms with Gasteiger partial charge in [-0.25, -0.2) is 4.98 Å². The molecule has 5 nitrogen and oxygen atoms in total. The van der Waals surface area contributed by atoms with Gasteiger partial charge in [-0.15, -0.1) is 11.3 Å². The Kier molecular flexibility index (Phi) is 6.35. The van der Waals surface area contributed by atoms with Gasteiger partial charge in [-0.05, 0) is 12.8 Å². The van der Waals surface area contributed by atoms with Gasteiger partial charge in [0.2, 0.25) is 5.91 Å². The van der Waals surface area contributed by atoms with Crippen LogP contribution in [0.25, 0.3) is 0 Å². The fourth-order valence-electron chi connectivity index (χ4n) is 1.59. The van der Waals surface area contributed by atoms with E-state index >= 15 is 0 Å². The fraction of sp³-hybridized carbons (Fsp3) is 0.583. The van der Waals surface area contributed by atoms with Gasteiger partial charge in [0.15, 0.2) is 0 Å². The lowest BCUT2D eigenvalue weighted by atomic mass is 10.0. The number of aromatic nitrogens is 1. The van der Waals surface area contributed by atoms with Gasteiger partial charge >= 0.3 is 5.97 Å². The molecule has 0 aliphatic rings. The first-order valence-electron chi connectivity index (χ1n) is 6.00. The lowest BCUT2D eigenvalue weighted by Gasteiger charge is -2.12. The minimum Gasteiger partial charge on any atom is -0.481 e. The SMILES string of the molecule is CCCC(CNC(=O)CCc1cscn1)C(=O)O. The maximum Gasteiger partial charge on any atom is 0.308 e. The first kappa shape index (κ1) is 14.6. The first-order valence-corrected chi connectivity index (χ1v) is 6.94. The molecular weight excluding hydrogens is 252 g/mol. The molecule has 1 amide bonds. The molecule has 18 heavy (non-hydrogen) atoms. The number of nitrogens with one attached hydrogen (secondary N) is 1. The fourth-order valence-corrected chi connectivity index (χ4v) is 2.18. The summed E-state index contributed by atoms with van der Waals surface area (Å²) in [6.07, 6.45) is 2.33. The van der Waals surface area contributed by atoms with Gasteiger partial charge in [0.25, 0.3) is 0 Å². The minimum atomic E-state index is -0.850. The molecule has 0 saturated carbocycles. The number of rotatable bonds is 8. The van der Waals surface area contributed by atoms with Crippen LogP contribution in [0.1, 0.15) is 31.9 Å². The van der Waals surface area contributed by atoms with Crippen molar-refractivity contribution in [1.82, 2.24) is 10.3 Å². The van der Waals surface area contributed by atoms with Gasteiger partial charge in [-0.1, -0.05) is 13.3 Å². The summed E-state index contributed by atoms with van der Waals surface area (Å²) in [7, 11) is 0. The quantitative estimate of drug-likeness (QED) is 0.753. The number of amides is 1. The molecule has 1 aromatic heterocycles. The van der Waals surface area contributed by atoms with Crippen LogP contribution in [0.3, 0.4) is 0 Å². The highest BCUT2D eigenvalue weighted by atomic mass is 32.1. The highest BCUT2D eigenvalue weighted by molar-refractivity contribution is 7.07. The van der Waals surface area contributed by atoms with Gasteiger partial charge in [-0.3, -0.25) is 9.59 Å². The van der Waals surface area contributed by atoms with Gasteiger partial charge in [0, 0.05) is 18.3 Å². The van der Waals surface area contributed by atoms with E-state index in [2.05, 4.69) is 10.3 Å². The van der Waals surface area contributed by atoms with Gasteiger partial charge in [0.05, 0.1) is 17.1 Å². The molecule has 100 valence electrons. The molecule has 6 heteroatoms. The van der Waals surface area contributed by atoms with Crippen molar-refractivity contribution < 1.29 is 14.7 Å². The molecule has 1 unspecified atom stereocenters. The summed E-state index contributed by atoms with van der Waals surface area (Å²) in [5, 5.41) is 13.5. The second kappa shape index (κ2) is 7.81. The lowest BCUT2D eigenvalue weighted by Crippen LogP contribution is -2.33. The van der Waals surface area contributed by atoms with E-state index in [1.807, 2.05) is 12.3 Å². The molecule has 0 fully saturated rings. The highest BCUT2D eigenvalue weighted by Gasteiger charge is 2.17. The Hall–Kier alpha value is -1.43. The Bertz CT molecular complexity index is 379. The van der Waals surface area contributed by atoms with E-state index in [0.717, 1.165) is 12.1 Å². The van der Waals surface area contributed by atoms with E-state index in [4.69, 9.17) is 5.11 Å². The lowest BCUT2D eigenvalue weighted by molar-refractivity contribution is -0.141. The van der Waals surface area contributed by atoms with Crippen molar-refractivity contribution >= 4 is 23.2 Å². The smallest absolute Gasteiger partial charge is 0.308 e. The topological polar surface area (TPSA) is 79.3 Å². The zero-order valence-electron chi connectivity index (χ0n) is 10.4. The Morgan fingerprint density at radius 1 is 1.56 bits per heavy atom. The van der Waals surface area contributed by atoms with E-state index < -0.39 is 11.9 Å². The van der Waals surface area contributed by atoms with Gasteiger partial charge in [0.1, 0.15) is 0 Å². The van der Waals surface area contributed by atoms with E-state index in [9.17, 15) is 9.59 Å². The van der Waals surface area contributed by atoms with Crippen LogP contribution in [0.4, 0.5) is 0 Å². The largest absolute Gasteiger partial charge is 0.481 e. The average molecular weight is 270 g/mol. The molecule has 0 bridgehead atoms. The van der Waals surface area contributed by atoms with Crippen molar-refractivity contribution in [1.29, 1.82) is 0 Å². The summed E-state index contributed by atoms with van der Waals surface area (Å²) >= 11 is 1.50. The second-order valence-electron chi connectivity index (χ2n) is 4.11. The Labute approximate surface area is 110 Å². The molecule has 1 rings (SSSR count). The molecular formula is C12H18N2O3S. The van der Waals surface area contributed by atoms with Crippen LogP contribution in [0.15, 0.2) is 10.9 Å². The normalized spacial score (nSPS) is 12.1. The number of hydrogen-bond acceptors (Lipinski definition) is 4. The predicted octanol–water partition coefficient (Wildman–Crippen LogP) is 1.69. The van der Waals surface area contributed by atoms with Crippen molar-refractivity contribution in [3.63, 3.8) is 0 Å². The molecule has 0 aromatic carbocycles. The molecule has 1 aromatic rings. The molecule has 0 spiro atoms. The first-order chi connectivity index (χ1) is 8.63. The third-order valence-electron chi connectivity index (χ3n) is 2.62. The zero-order valence-corrected chi connectivity index (χ0v) is 11.2. The number of hydrogen-bond donors (Lipinski definition) is 2. The van der Waals surface area contributed by atoms with Crippen LogP contribution in [0.2, 0.25) is 0 Å². The summed E-state index contributed by atoms with van der Waals surface area (Å²) in [6.45, 7) is 2.14. The summed E-state index contributed by atoms with van der Waals surface area (Å²) in [6, 6.07) is 0. The van der Waals surface area contributed by atoms with Crippen molar-refractivity contribution in [3.8, 4) is 0 Å². The van der Waals surface area contributed by atoms with Crippen LogP contribution in [0, 0.1) is 5.92 Å². The van der Waals surface area contributed by atoms with Crippen LogP contribution in [-0.2, 0) is 16.0 Å². The second-order valence-corrected chi connectivity index (χ2v) is 4.83. The maximum absolute atomic E-state index is 11.5. The number of carbonyl (C=O) groups excluding carboxylic acids is 1. The van der Waals surface area contributed by atoms with Crippen LogP contribution in [-0.4, -0.2) is 28.5 Å². The average Bonchev–Trinajstić information content (AvgIpc) is 2.84. The highest BCUT2D eigenvalue weighted by Crippen LogP contribution is 2.06. The van der Waals surface area contributed by atoms with E-state index in [1.165, 1.54) is 11.3 Å². The monoisotopic (exact) mass is 270 g/mol. The minimum absolute atomic E-state index is 0.120. The molecule has 0 radical (unpaired) electrons. The molecule has 0 aliphatic heterocycles. The number of aliphatic carboxylic acids is 1. The van der Waals surface area contributed by atoms with E-state index in [-0.39, 0.29) is 12.5 Å². The zero-order chi connectivity index (χ0) is 13.4. The molecule has 1 heterocycles. The number of carboxylic acids is 1. The van der Waals surface area contributed by atoms with Gasteiger partial charge in [-0.2, -0.15) is 0 Å². The van der Waals surface area contributed by atoms with Crippen molar-refractivity contribution in [2.45, 2.75) is 32.6 Å². The summed E-state index contributed by atoms with van der Waals surface area (Å²) < 4.78 is 0. The number of aryl methyl sites for hydroxylation is 1. The van der Waals surface area contributed by atoms with Crippen molar-refractivity contribution in [2.75, 3.05) is 6.54 Å². The van der Waals surface area contributed by atoms with Crippen molar-refractivity contribution in [2.24, 2.45) is 5.92 Å². The summed E-state index contributed by atoms with van der Waals surface area (Å²) in [4.78, 5) is 26.5. The van der Waals surface area contributed by atoms with E-state index in [0.29, 0.717) is 19.3 Å². The number of carboxylic acid groups (broad SMARTS) is 1. The van der Waals surface area contributed by atoms with Crippen LogP contribution in [0.5, 0.6) is 0 Å². The third kappa shape index (κ3) is 5.27. The number of carbonyl (C=O) groups is 2. The molecule has 1 atom stereocenters. The number of thiazole rings is 1. The number of nitrogens with zero attached hydrogens (tertiary/aromatic N) is 1. The Morgan fingerprint density at radius 2 is 2.33 bits per heavy atom. The van der Waals surface area contributed by atoms with Crippen LogP contribution < -0.4 is 5.32 Å². The van der Waals surface area contributed by atoms with E-state index in [1.54, 1.807) is 5.51 Å². The molecule has 0 saturated heterocycles. The Balaban J connectivity index is 2.25. The third-order valence-corrected chi connectivity index (χ3v) is 3.26. The van der Waals surface area contributed by atoms with Crippen molar-refractivity contribution in [3.05, 3.63) is 16.6 Å². The standard InChI is InChI=1S/C12H18N2O3S/c1-2-3-9(12(16)17)6-13-11(15)5-4-10-7-18-8-14-10/h7-9H,2-6H2,1H3,(H,13,15)(H,16,17). The molecule has 2 N–H and O–H groups in total.